The maximum Gasteiger partial charge on any atom is 0.164 e. The number of nitrogens with zero attached hydrogens (tertiary/aromatic N) is 6. The van der Waals surface area contributed by atoms with Crippen LogP contribution >= 0.6 is 0 Å². The zero-order valence-corrected chi connectivity index (χ0v) is 40.8. The lowest BCUT2D eigenvalue weighted by atomic mass is 9.99. The molecule has 0 spiro atoms. The van der Waals surface area contributed by atoms with E-state index < -0.39 is 0 Å². The molecule has 75 heavy (non-hydrogen) atoms. The molecule has 15 rings (SSSR count). The lowest BCUT2D eigenvalue weighted by molar-refractivity contribution is 0.889. The summed E-state index contributed by atoms with van der Waals surface area (Å²) in [5, 5.41) is 6.19. The van der Waals surface area contributed by atoms with Gasteiger partial charge in [-0.1, -0.05) is 182 Å². The number of rotatable bonds is 8. The highest BCUT2D eigenvalue weighted by Gasteiger charge is 2.23. The van der Waals surface area contributed by atoms with E-state index in [0.29, 0.717) is 17.5 Å². The molecule has 0 radical (unpaired) electrons. The minimum Gasteiger partial charge on any atom is -0.312 e. The summed E-state index contributed by atoms with van der Waals surface area (Å²) >= 11 is 0. The average Bonchev–Trinajstić information content (AvgIpc) is 4.17. The van der Waals surface area contributed by atoms with Gasteiger partial charge in [-0.25, -0.2) is 15.0 Å². The lowest BCUT2D eigenvalue weighted by Crippen LogP contribution is -2.06. The summed E-state index contributed by atoms with van der Waals surface area (Å²) in [6.07, 6.45) is 6.53. The van der Waals surface area contributed by atoms with E-state index in [-0.39, 0.29) is 0 Å². The normalized spacial score (nSPS) is 12.4. The molecular weight excluding hydrogens is 913 g/mol. The van der Waals surface area contributed by atoms with Gasteiger partial charge in [-0.3, -0.25) is 0 Å². The van der Waals surface area contributed by atoms with Gasteiger partial charge in [-0.05, 0) is 102 Å². The largest absolute Gasteiger partial charge is 0.312 e. The fourth-order valence-corrected chi connectivity index (χ4v) is 11.7. The summed E-state index contributed by atoms with van der Waals surface area (Å²) in [6.45, 7) is 0. The van der Waals surface area contributed by atoms with Crippen LogP contribution in [0.1, 0.15) is 17.7 Å². The summed E-state index contributed by atoms with van der Waals surface area (Å²) in [4.78, 5) is 15.4. The Morgan fingerprint density at radius 3 is 1.32 bits per heavy atom. The van der Waals surface area contributed by atoms with Crippen LogP contribution < -0.4 is 0 Å². The van der Waals surface area contributed by atoms with E-state index in [0.717, 1.165) is 57.7 Å². The number of hydrogen-bond acceptors (Lipinski definition) is 3. The van der Waals surface area contributed by atoms with Crippen molar-refractivity contribution in [3.05, 3.63) is 260 Å². The third-order valence-corrected chi connectivity index (χ3v) is 15.2. The predicted octanol–water partition coefficient (Wildman–Crippen LogP) is 17.3. The van der Waals surface area contributed by atoms with Gasteiger partial charge in [0.05, 0.1) is 33.3 Å². The van der Waals surface area contributed by atoms with Gasteiger partial charge in [0, 0.05) is 71.8 Å². The number of fused-ring (bicyclic) bond motifs is 9. The van der Waals surface area contributed by atoms with Crippen LogP contribution in [0.2, 0.25) is 0 Å². The molecule has 0 amide bonds. The van der Waals surface area contributed by atoms with Gasteiger partial charge in [0.2, 0.25) is 0 Å². The van der Waals surface area contributed by atoms with Crippen molar-refractivity contribution in [2.75, 3.05) is 0 Å². The summed E-state index contributed by atoms with van der Waals surface area (Å²) in [6, 6.07) is 87.1. The highest BCUT2D eigenvalue weighted by atomic mass is 15.0. The van der Waals surface area contributed by atoms with E-state index in [1.165, 1.54) is 76.9 Å². The number of hydrogen-bond donors (Lipinski definition) is 0. The maximum absolute atomic E-state index is 5.17. The van der Waals surface area contributed by atoms with Gasteiger partial charge in [0.15, 0.2) is 17.5 Å². The zero-order chi connectivity index (χ0) is 49.4. The fraction of sp³-hybridized carbons (Fsp3) is 0.0290. The molecule has 6 nitrogen and oxygen atoms in total. The SMILES string of the molecule is C1=Cc2c(n(-c3cc(-c4nc(-c5ccccc5)nc(-c5ccccc5)n4)ccc3-c3ccc(-n4c5ccccc5c5cc(-c6ccc7c(c6)c6ccccc6n7-c6ccccc6)ccc54)cc3)c3ccccc23)CC1. The van der Waals surface area contributed by atoms with E-state index in [2.05, 4.69) is 232 Å². The fourth-order valence-electron chi connectivity index (χ4n) is 11.7. The molecule has 0 bridgehead atoms. The van der Waals surface area contributed by atoms with Gasteiger partial charge in [-0.15, -0.1) is 0 Å². The molecule has 352 valence electrons. The smallest absolute Gasteiger partial charge is 0.164 e. The first-order valence-corrected chi connectivity index (χ1v) is 25.7. The van der Waals surface area contributed by atoms with Gasteiger partial charge < -0.3 is 13.7 Å². The second kappa shape index (κ2) is 17.4. The molecule has 0 fully saturated rings. The van der Waals surface area contributed by atoms with E-state index in [1.807, 2.05) is 36.4 Å². The zero-order valence-electron chi connectivity index (χ0n) is 40.8. The van der Waals surface area contributed by atoms with Crippen molar-refractivity contribution in [3.63, 3.8) is 0 Å². The molecule has 14 aromatic rings. The Balaban J connectivity index is 0.861. The molecule has 1 aliphatic rings. The number of benzene rings is 10. The van der Waals surface area contributed by atoms with Crippen LogP contribution in [0.5, 0.6) is 0 Å². The minimum atomic E-state index is 0.627. The summed E-state index contributed by atoms with van der Waals surface area (Å²) < 4.78 is 7.28. The quantitative estimate of drug-likeness (QED) is 0.152. The third-order valence-electron chi connectivity index (χ3n) is 15.2. The summed E-state index contributed by atoms with van der Waals surface area (Å²) in [5.74, 6) is 1.91. The van der Waals surface area contributed by atoms with Crippen molar-refractivity contribution in [2.45, 2.75) is 12.8 Å². The molecule has 0 aliphatic heterocycles. The van der Waals surface area contributed by atoms with E-state index in [4.69, 9.17) is 15.0 Å². The molecule has 0 atom stereocenters. The molecule has 10 aromatic carbocycles. The Bertz CT molecular complexity index is 4500. The Morgan fingerprint density at radius 1 is 0.307 bits per heavy atom. The molecule has 0 N–H and O–H groups in total. The molecule has 4 heterocycles. The lowest BCUT2D eigenvalue weighted by Gasteiger charge is -2.19. The standard InChI is InChI=1S/C69H46N6/c1-4-18-46(19-5-1)67-70-68(47-20-6-2-7-21-47)72-69(71-67)50-34-39-53(66(44-50)75-62-30-16-10-24-54(62)55-25-11-17-31-63(55)75)45-32-37-52(38-33-45)74-61-29-15-13-27-57(61)59-43-49(36-41-65(59)74)48-35-40-64-58(42-48)56-26-12-14-28-60(56)73(64)51-22-8-3-9-23-51/h1-16,18-30,32-44H,17,31H2. The van der Waals surface area contributed by atoms with Crippen molar-refractivity contribution in [1.29, 1.82) is 0 Å². The van der Waals surface area contributed by atoms with Gasteiger partial charge in [0.1, 0.15) is 0 Å². The second-order valence-electron chi connectivity index (χ2n) is 19.5. The van der Waals surface area contributed by atoms with Gasteiger partial charge >= 0.3 is 0 Å². The Labute approximate surface area is 433 Å². The second-order valence-corrected chi connectivity index (χ2v) is 19.5. The predicted molar refractivity (Wildman–Crippen MR) is 310 cm³/mol. The molecule has 0 saturated heterocycles. The Kier molecular flexibility index (Phi) is 9.91. The van der Waals surface area contributed by atoms with E-state index >= 15 is 0 Å². The first kappa shape index (κ1) is 42.7. The molecule has 1 aliphatic carbocycles. The van der Waals surface area contributed by atoms with Gasteiger partial charge in [0.25, 0.3) is 0 Å². The van der Waals surface area contributed by atoms with E-state index in [1.54, 1.807) is 0 Å². The maximum atomic E-state index is 5.17. The molecule has 4 aromatic heterocycles. The van der Waals surface area contributed by atoms with Crippen molar-refractivity contribution in [3.8, 4) is 73.5 Å². The van der Waals surface area contributed by atoms with Crippen molar-refractivity contribution >= 4 is 60.6 Å². The topological polar surface area (TPSA) is 53.5 Å². The Morgan fingerprint density at radius 2 is 0.747 bits per heavy atom. The summed E-state index contributed by atoms with van der Waals surface area (Å²) in [7, 11) is 0. The van der Waals surface area contributed by atoms with Crippen LogP contribution in [-0.2, 0) is 6.42 Å². The Hall–Kier alpha value is -9.91. The highest BCUT2D eigenvalue weighted by Crippen LogP contribution is 2.42. The monoisotopic (exact) mass is 958 g/mol. The summed E-state index contributed by atoms with van der Waals surface area (Å²) in [5.41, 5.74) is 19.3. The number of aromatic nitrogens is 6. The van der Waals surface area contributed by atoms with Crippen molar-refractivity contribution in [1.82, 2.24) is 28.7 Å². The highest BCUT2D eigenvalue weighted by molar-refractivity contribution is 6.13. The van der Waals surface area contributed by atoms with Crippen LogP contribution in [0.25, 0.3) is 134 Å². The van der Waals surface area contributed by atoms with E-state index in [9.17, 15) is 0 Å². The van der Waals surface area contributed by atoms with Crippen LogP contribution in [0.3, 0.4) is 0 Å². The van der Waals surface area contributed by atoms with Gasteiger partial charge in [-0.2, -0.15) is 0 Å². The van der Waals surface area contributed by atoms with Crippen LogP contribution in [-0.4, -0.2) is 28.7 Å². The molecule has 0 unspecified atom stereocenters. The first-order valence-electron chi connectivity index (χ1n) is 25.7. The van der Waals surface area contributed by atoms with Crippen LogP contribution in [0, 0.1) is 0 Å². The number of allylic oxidation sites excluding steroid dienone is 1. The molecular formula is C69H46N6. The minimum absolute atomic E-state index is 0.627. The molecule has 0 saturated carbocycles. The third kappa shape index (κ3) is 7.06. The van der Waals surface area contributed by atoms with Crippen molar-refractivity contribution < 1.29 is 0 Å². The van der Waals surface area contributed by atoms with Crippen LogP contribution in [0.15, 0.2) is 249 Å². The average molecular weight is 959 g/mol. The number of para-hydroxylation sites is 4. The van der Waals surface area contributed by atoms with Crippen LogP contribution in [0.4, 0.5) is 0 Å². The molecule has 6 heteroatoms. The first-order chi connectivity index (χ1) is 37.2. The van der Waals surface area contributed by atoms with Crippen molar-refractivity contribution in [2.24, 2.45) is 0 Å².